The summed E-state index contributed by atoms with van der Waals surface area (Å²) in [6.07, 6.45) is 4.79. The fourth-order valence-corrected chi connectivity index (χ4v) is 3.63. The van der Waals surface area contributed by atoms with Crippen LogP contribution in [-0.2, 0) is 11.3 Å². The third-order valence-electron chi connectivity index (χ3n) is 5.56. The standard InChI is InChI=1S/C20H31N3O.2ClH/c1-16-12-19(22(2)20(24)14-21-13-17-8-9-17)10-11-23(16)15-18-6-4-3-5-7-18;;/h3-7,16-17,19,21H,8-15H2,1-2H3;2*1H. The van der Waals surface area contributed by atoms with Gasteiger partial charge in [-0.1, -0.05) is 30.3 Å². The van der Waals surface area contributed by atoms with Crippen LogP contribution in [0.4, 0.5) is 0 Å². The van der Waals surface area contributed by atoms with E-state index in [0.29, 0.717) is 18.6 Å². The molecular weight excluding hydrogens is 369 g/mol. The minimum atomic E-state index is 0. The summed E-state index contributed by atoms with van der Waals surface area (Å²) in [7, 11) is 1.98. The Morgan fingerprint density at radius 3 is 2.50 bits per heavy atom. The lowest BCUT2D eigenvalue weighted by Gasteiger charge is -2.41. The second kappa shape index (κ2) is 11.1. The first-order valence-corrected chi connectivity index (χ1v) is 9.38. The van der Waals surface area contributed by atoms with Gasteiger partial charge in [-0.3, -0.25) is 9.69 Å². The molecule has 0 aromatic heterocycles. The number of hydrogen-bond donors (Lipinski definition) is 1. The summed E-state index contributed by atoms with van der Waals surface area (Å²) in [5.41, 5.74) is 1.37. The van der Waals surface area contributed by atoms with Gasteiger partial charge in [0.15, 0.2) is 0 Å². The summed E-state index contributed by atoms with van der Waals surface area (Å²) in [6, 6.07) is 11.6. The van der Waals surface area contributed by atoms with Gasteiger partial charge in [0.2, 0.25) is 5.91 Å². The first-order chi connectivity index (χ1) is 11.6. The molecule has 2 aliphatic rings. The SMILES string of the molecule is CC1CC(N(C)C(=O)CNCC2CC2)CCN1Cc1ccccc1.Cl.Cl. The molecule has 2 unspecified atom stereocenters. The molecule has 0 spiro atoms. The van der Waals surface area contributed by atoms with Crippen molar-refractivity contribution in [3.63, 3.8) is 0 Å². The molecule has 1 heterocycles. The van der Waals surface area contributed by atoms with E-state index in [1.165, 1.54) is 18.4 Å². The maximum Gasteiger partial charge on any atom is 0.236 e. The van der Waals surface area contributed by atoms with Crippen molar-refractivity contribution in [2.24, 2.45) is 5.92 Å². The number of amides is 1. The molecule has 2 atom stereocenters. The van der Waals surface area contributed by atoms with E-state index in [-0.39, 0.29) is 30.7 Å². The fraction of sp³-hybridized carbons (Fsp3) is 0.650. The number of carbonyl (C=O) groups is 1. The largest absolute Gasteiger partial charge is 0.342 e. The molecule has 1 aliphatic heterocycles. The van der Waals surface area contributed by atoms with Gasteiger partial charge in [-0.15, -0.1) is 24.8 Å². The fourth-order valence-electron chi connectivity index (χ4n) is 3.63. The highest BCUT2D eigenvalue weighted by Crippen LogP contribution is 2.27. The summed E-state index contributed by atoms with van der Waals surface area (Å²) >= 11 is 0. The van der Waals surface area contributed by atoms with Gasteiger partial charge in [-0.2, -0.15) is 0 Å². The summed E-state index contributed by atoms with van der Waals surface area (Å²) in [5, 5.41) is 3.32. The minimum absolute atomic E-state index is 0. The predicted molar refractivity (Wildman–Crippen MR) is 112 cm³/mol. The summed E-state index contributed by atoms with van der Waals surface area (Å²) in [5.74, 6) is 1.06. The Labute approximate surface area is 170 Å². The number of hydrogen-bond acceptors (Lipinski definition) is 3. The molecule has 6 heteroatoms. The van der Waals surface area contributed by atoms with Crippen LogP contribution in [0.2, 0.25) is 0 Å². The highest BCUT2D eigenvalue weighted by atomic mass is 35.5. The van der Waals surface area contributed by atoms with Crippen molar-refractivity contribution in [2.45, 2.75) is 51.2 Å². The average Bonchev–Trinajstić information content (AvgIpc) is 3.41. The first kappa shape index (κ1) is 23.2. The summed E-state index contributed by atoms with van der Waals surface area (Å²) in [6.45, 7) is 5.86. The number of likely N-dealkylation sites (N-methyl/N-ethyl adjacent to an activating group) is 1. The van der Waals surface area contributed by atoms with Gasteiger partial charge < -0.3 is 10.2 Å². The summed E-state index contributed by atoms with van der Waals surface area (Å²) in [4.78, 5) is 16.9. The molecule has 0 radical (unpaired) electrons. The van der Waals surface area contributed by atoms with Crippen LogP contribution in [0, 0.1) is 5.92 Å². The van der Waals surface area contributed by atoms with E-state index < -0.39 is 0 Å². The molecule has 1 aromatic carbocycles. The van der Waals surface area contributed by atoms with E-state index in [1.807, 2.05) is 11.9 Å². The monoisotopic (exact) mass is 401 g/mol. The maximum absolute atomic E-state index is 12.4. The lowest BCUT2D eigenvalue weighted by Crippen LogP contribution is -2.50. The Morgan fingerprint density at radius 1 is 1.19 bits per heavy atom. The van der Waals surface area contributed by atoms with Gasteiger partial charge in [0.25, 0.3) is 0 Å². The van der Waals surface area contributed by atoms with Crippen molar-refractivity contribution in [3.05, 3.63) is 35.9 Å². The highest BCUT2D eigenvalue weighted by Gasteiger charge is 2.30. The number of nitrogens with zero attached hydrogens (tertiary/aromatic N) is 2. The number of benzene rings is 1. The minimum Gasteiger partial charge on any atom is -0.342 e. The van der Waals surface area contributed by atoms with E-state index in [4.69, 9.17) is 0 Å². The molecule has 26 heavy (non-hydrogen) atoms. The number of halogens is 2. The van der Waals surface area contributed by atoms with Crippen LogP contribution in [0.25, 0.3) is 0 Å². The molecule has 1 aliphatic carbocycles. The average molecular weight is 402 g/mol. The Kier molecular flexibility index (Phi) is 9.94. The van der Waals surface area contributed by atoms with Crippen molar-refractivity contribution < 1.29 is 4.79 Å². The van der Waals surface area contributed by atoms with Crippen LogP contribution in [0.5, 0.6) is 0 Å². The van der Waals surface area contributed by atoms with Gasteiger partial charge in [-0.05, 0) is 50.6 Å². The second-order valence-electron chi connectivity index (χ2n) is 7.56. The number of piperidine rings is 1. The van der Waals surface area contributed by atoms with Crippen molar-refractivity contribution in [2.75, 3.05) is 26.7 Å². The van der Waals surface area contributed by atoms with Crippen LogP contribution in [0.15, 0.2) is 30.3 Å². The maximum atomic E-state index is 12.4. The second-order valence-corrected chi connectivity index (χ2v) is 7.56. The Hall–Kier alpha value is -0.810. The van der Waals surface area contributed by atoms with Gasteiger partial charge in [0.05, 0.1) is 6.54 Å². The molecule has 1 saturated carbocycles. The predicted octanol–water partition coefficient (Wildman–Crippen LogP) is 3.34. The highest BCUT2D eigenvalue weighted by molar-refractivity contribution is 5.85. The zero-order chi connectivity index (χ0) is 16.9. The molecule has 3 rings (SSSR count). The van der Waals surface area contributed by atoms with Gasteiger partial charge in [-0.25, -0.2) is 0 Å². The van der Waals surface area contributed by atoms with E-state index in [1.54, 1.807) is 0 Å². The van der Waals surface area contributed by atoms with Crippen LogP contribution in [-0.4, -0.2) is 54.5 Å². The lowest BCUT2D eigenvalue weighted by molar-refractivity contribution is -0.132. The van der Waals surface area contributed by atoms with E-state index in [9.17, 15) is 4.79 Å². The molecule has 1 saturated heterocycles. The zero-order valence-electron chi connectivity index (χ0n) is 15.9. The molecule has 1 N–H and O–H groups in total. The van der Waals surface area contributed by atoms with Crippen LogP contribution < -0.4 is 5.32 Å². The summed E-state index contributed by atoms with van der Waals surface area (Å²) < 4.78 is 0. The van der Waals surface area contributed by atoms with Crippen molar-refractivity contribution in [3.8, 4) is 0 Å². The van der Waals surface area contributed by atoms with Gasteiger partial charge in [0.1, 0.15) is 0 Å². The molecule has 0 bridgehead atoms. The Balaban J connectivity index is 0.00000169. The van der Waals surface area contributed by atoms with E-state index in [0.717, 1.165) is 38.4 Å². The molecule has 1 amide bonds. The quantitative estimate of drug-likeness (QED) is 0.760. The number of nitrogens with one attached hydrogen (secondary N) is 1. The molecule has 148 valence electrons. The van der Waals surface area contributed by atoms with Gasteiger partial charge >= 0.3 is 0 Å². The van der Waals surface area contributed by atoms with Crippen molar-refractivity contribution in [1.82, 2.24) is 15.1 Å². The van der Waals surface area contributed by atoms with Crippen molar-refractivity contribution >= 4 is 30.7 Å². The smallest absolute Gasteiger partial charge is 0.236 e. The topological polar surface area (TPSA) is 35.6 Å². The van der Waals surface area contributed by atoms with Crippen LogP contribution >= 0.6 is 24.8 Å². The first-order valence-electron chi connectivity index (χ1n) is 9.38. The Morgan fingerprint density at radius 2 is 1.88 bits per heavy atom. The molecule has 2 fully saturated rings. The number of rotatable bonds is 7. The zero-order valence-corrected chi connectivity index (χ0v) is 17.5. The number of likely N-dealkylation sites (tertiary alicyclic amines) is 1. The molecule has 1 aromatic rings. The third-order valence-corrected chi connectivity index (χ3v) is 5.56. The Bertz CT molecular complexity index is 539. The molecular formula is C20H33Cl2N3O. The molecule has 4 nitrogen and oxygen atoms in total. The lowest BCUT2D eigenvalue weighted by atomic mass is 9.96. The van der Waals surface area contributed by atoms with Crippen molar-refractivity contribution in [1.29, 1.82) is 0 Å². The normalized spacial score (nSPS) is 22.8. The number of carbonyl (C=O) groups excluding carboxylic acids is 1. The third kappa shape index (κ3) is 6.73. The van der Waals surface area contributed by atoms with Crippen LogP contribution in [0.3, 0.4) is 0 Å². The van der Waals surface area contributed by atoms with Crippen LogP contribution in [0.1, 0.15) is 38.2 Å². The van der Waals surface area contributed by atoms with Gasteiger partial charge in [0, 0.05) is 32.2 Å². The van der Waals surface area contributed by atoms with E-state index in [2.05, 4.69) is 47.5 Å². The van der Waals surface area contributed by atoms with E-state index >= 15 is 0 Å².